The molecule has 0 nitrogen and oxygen atoms in total. The van der Waals surface area contributed by atoms with E-state index in [1.165, 1.54) is 5.56 Å². The molecule has 1 radical (unpaired) electrons. The van der Waals surface area contributed by atoms with Crippen molar-refractivity contribution >= 4 is 23.4 Å². The minimum atomic E-state index is 0.798. The highest BCUT2D eigenvalue weighted by Crippen LogP contribution is 2.12. The highest BCUT2D eigenvalue weighted by atomic mass is 35.5. The first kappa shape index (κ1) is 8.95. The summed E-state index contributed by atoms with van der Waals surface area (Å²) in [6, 6.07) is 7.87. The van der Waals surface area contributed by atoms with Crippen LogP contribution in [0.1, 0.15) is 5.56 Å². The van der Waals surface area contributed by atoms with Crippen LogP contribution >= 0.6 is 23.4 Å². The number of rotatable bonds is 3. The van der Waals surface area contributed by atoms with Gasteiger partial charge >= 0.3 is 0 Å². The highest BCUT2D eigenvalue weighted by Gasteiger charge is 1.91. The van der Waals surface area contributed by atoms with Crippen LogP contribution in [0.3, 0.4) is 0 Å². The maximum Gasteiger partial charge on any atom is 0.0406 e. The highest BCUT2D eigenvalue weighted by molar-refractivity contribution is 7.98. The minimum Gasteiger partial charge on any atom is -0.165 e. The Morgan fingerprint density at radius 3 is 2.55 bits per heavy atom. The van der Waals surface area contributed by atoms with Crippen LogP contribution in [0.2, 0.25) is 5.02 Å². The fourth-order valence-corrected chi connectivity index (χ4v) is 1.26. The van der Waals surface area contributed by atoms with Gasteiger partial charge in [0.15, 0.2) is 0 Å². The molecule has 0 amide bonds. The van der Waals surface area contributed by atoms with Gasteiger partial charge in [0.25, 0.3) is 0 Å². The minimum absolute atomic E-state index is 0.798. The molecule has 0 saturated carbocycles. The van der Waals surface area contributed by atoms with E-state index in [1.807, 2.05) is 36.0 Å². The number of hydrogen-bond donors (Lipinski definition) is 0. The first-order chi connectivity index (χ1) is 5.33. The van der Waals surface area contributed by atoms with Crippen LogP contribution in [-0.2, 0) is 0 Å². The molecule has 0 bridgehead atoms. The summed E-state index contributed by atoms with van der Waals surface area (Å²) in [6.07, 6.45) is 4.27. The topological polar surface area (TPSA) is 0 Å². The normalized spacial score (nSPS) is 10.0. The summed E-state index contributed by atoms with van der Waals surface area (Å²) < 4.78 is 0. The quantitative estimate of drug-likeness (QED) is 0.697. The SMILES string of the molecule is CSC[CH]c1ccc(Cl)cc1. The molecule has 0 aromatic heterocycles. The largest absolute Gasteiger partial charge is 0.165 e. The lowest BCUT2D eigenvalue weighted by atomic mass is 10.2. The van der Waals surface area contributed by atoms with E-state index < -0.39 is 0 Å². The van der Waals surface area contributed by atoms with Crippen molar-refractivity contribution < 1.29 is 0 Å². The molecular formula is C9H10ClS. The number of hydrogen-bond acceptors (Lipinski definition) is 1. The Labute approximate surface area is 77.0 Å². The lowest BCUT2D eigenvalue weighted by molar-refractivity contribution is 1.44. The van der Waals surface area contributed by atoms with E-state index in [-0.39, 0.29) is 0 Å². The third-order valence-corrected chi connectivity index (χ3v) is 2.11. The average molecular weight is 186 g/mol. The van der Waals surface area contributed by atoms with Gasteiger partial charge in [-0.25, -0.2) is 0 Å². The predicted molar refractivity (Wildman–Crippen MR) is 53.2 cm³/mol. The molecule has 0 spiro atoms. The maximum atomic E-state index is 5.73. The second kappa shape index (κ2) is 4.68. The molecule has 0 N–H and O–H groups in total. The summed E-state index contributed by atoms with van der Waals surface area (Å²) in [5.74, 6) is 1.06. The van der Waals surface area contributed by atoms with Gasteiger partial charge in [0.1, 0.15) is 0 Å². The lowest BCUT2D eigenvalue weighted by Crippen LogP contribution is -1.82. The van der Waals surface area contributed by atoms with Gasteiger partial charge in [0.2, 0.25) is 0 Å². The fraction of sp³-hybridized carbons (Fsp3) is 0.222. The smallest absolute Gasteiger partial charge is 0.0406 e. The monoisotopic (exact) mass is 185 g/mol. The summed E-state index contributed by atoms with van der Waals surface area (Å²) >= 11 is 7.54. The van der Waals surface area contributed by atoms with Crippen LogP contribution in [0.4, 0.5) is 0 Å². The van der Waals surface area contributed by atoms with E-state index in [4.69, 9.17) is 11.6 Å². The summed E-state index contributed by atoms with van der Waals surface area (Å²) in [6.45, 7) is 0. The molecule has 0 aliphatic carbocycles. The first-order valence-corrected chi connectivity index (χ1v) is 5.18. The van der Waals surface area contributed by atoms with Crippen molar-refractivity contribution in [2.45, 2.75) is 0 Å². The third-order valence-electron chi connectivity index (χ3n) is 1.36. The Kier molecular flexibility index (Phi) is 3.81. The van der Waals surface area contributed by atoms with Crippen molar-refractivity contribution in [1.29, 1.82) is 0 Å². The van der Waals surface area contributed by atoms with Crippen molar-refractivity contribution in [2.24, 2.45) is 0 Å². The molecule has 1 aromatic carbocycles. The van der Waals surface area contributed by atoms with Gasteiger partial charge in [0, 0.05) is 17.2 Å². The molecule has 0 saturated heterocycles. The zero-order valence-electron chi connectivity index (χ0n) is 6.38. The molecule has 59 valence electrons. The molecule has 0 unspecified atom stereocenters. The van der Waals surface area contributed by atoms with Gasteiger partial charge < -0.3 is 0 Å². The van der Waals surface area contributed by atoms with Crippen molar-refractivity contribution in [3.63, 3.8) is 0 Å². The Balaban J connectivity index is 2.52. The van der Waals surface area contributed by atoms with Crippen molar-refractivity contribution in [3.05, 3.63) is 41.3 Å². The molecule has 0 heterocycles. The van der Waals surface area contributed by atoms with E-state index in [0.29, 0.717) is 0 Å². The van der Waals surface area contributed by atoms with Crippen molar-refractivity contribution in [1.82, 2.24) is 0 Å². The Morgan fingerprint density at radius 1 is 1.36 bits per heavy atom. The molecule has 1 aromatic rings. The summed E-state index contributed by atoms with van der Waals surface area (Å²) in [5.41, 5.74) is 1.24. The van der Waals surface area contributed by atoms with Crippen LogP contribution in [0.25, 0.3) is 0 Å². The molecule has 0 atom stereocenters. The number of thioether (sulfide) groups is 1. The van der Waals surface area contributed by atoms with Crippen LogP contribution < -0.4 is 0 Å². The average Bonchev–Trinajstić information content (AvgIpc) is 2.04. The maximum absolute atomic E-state index is 5.73. The van der Waals surface area contributed by atoms with E-state index >= 15 is 0 Å². The van der Waals surface area contributed by atoms with Crippen molar-refractivity contribution in [2.75, 3.05) is 12.0 Å². The zero-order valence-corrected chi connectivity index (χ0v) is 7.95. The Bertz CT molecular complexity index is 205. The predicted octanol–water partition coefficient (Wildman–Crippen LogP) is 3.26. The Hall–Kier alpha value is -0.140. The molecule has 1 rings (SSSR count). The zero-order chi connectivity index (χ0) is 8.10. The summed E-state index contributed by atoms with van der Waals surface area (Å²) in [7, 11) is 0. The van der Waals surface area contributed by atoms with Gasteiger partial charge in [-0.1, -0.05) is 23.7 Å². The Morgan fingerprint density at radius 2 is 2.00 bits per heavy atom. The van der Waals surface area contributed by atoms with Gasteiger partial charge in [-0.05, 0) is 24.0 Å². The standard InChI is InChI=1S/C9H10ClS/c1-11-7-6-8-2-4-9(10)5-3-8/h2-6H,7H2,1H3. The van der Waals surface area contributed by atoms with Crippen LogP contribution in [0.15, 0.2) is 24.3 Å². The van der Waals surface area contributed by atoms with Crippen LogP contribution in [-0.4, -0.2) is 12.0 Å². The molecule has 11 heavy (non-hydrogen) atoms. The van der Waals surface area contributed by atoms with Gasteiger partial charge in [-0.2, -0.15) is 11.8 Å². The van der Waals surface area contributed by atoms with Crippen LogP contribution in [0.5, 0.6) is 0 Å². The van der Waals surface area contributed by atoms with E-state index in [9.17, 15) is 0 Å². The second-order valence-electron chi connectivity index (χ2n) is 2.21. The number of benzene rings is 1. The molecule has 0 aliphatic rings. The molecule has 0 aliphatic heterocycles. The molecule has 0 fully saturated rings. The summed E-state index contributed by atoms with van der Waals surface area (Å²) in [4.78, 5) is 0. The molecular weight excluding hydrogens is 176 g/mol. The van der Waals surface area contributed by atoms with E-state index in [1.54, 1.807) is 0 Å². The second-order valence-corrected chi connectivity index (χ2v) is 3.56. The van der Waals surface area contributed by atoms with E-state index in [2.05, 4.69) is 12.7 Å². The van der Waals surface area contributed by atoms with Gasteiger partial charge in [-0.3, -0.25) is 0 Å². The lowest BCUT2D eigenvalue weighted by Gasteiger charge is -1.97. The van der Waals surface area contributed by atoms with Crippen molar-refractivity contribution in [3.8, 4) is 0 Å². The fourth-order valence-electron chi connectivity index (χ4n) is 0.778. The first-order valence-electron chi connectivity index (χ1n) is 3.40. The van der Waals surface area contributed by atoms with E-state index in [0.717, 1.165) is 10.8 Å². The molecule has 2 heteroatoms. The van der Waals surface area contributed by atoms with Gasteiger partial charge in [-0.15, -0.1) is 0 Å². The van der Waals surface area contributed by atoms with Gasteiger partial charge in [0.05, 0.1) is 0 Å². The number of halogens is 1. The van der Waals surface area contributed by atoms with Crippen LogP contribution in [0, 0.1) is 6.42 Å². The third kappa shape index (κ3) is 3.17. The summed E-state index contributed by atoms with van der Waals surface area (Å²) in [5, 5.41) is 0.798.